The molecule has 16 heavy (non-hydrogen) atoms. The molecule has 0 saturated heterocycles. The minimum Gasteiger partial charge on any atom is -0.323 e. The molecule has 2 heteroatoms. The van der Waals surface area contributed by atoms with Crippen LogP contribution in [-0.4, -0.2) is 6.21 Å². The van der Waals surface area contributed by atoms with Gasteiger partial charge in [-0.1, -0.05) is 48.5 Å². The molecule has 80 valence electrons. The molecule has 0 spiro atoms. The van der Waals surface area contributed by atoms with Gasteiger partial charge in [0.25, 0.3) is 0 Å². The SMILES string of the molecule is Cc1ccccc1-c1ccccc1C=NN. The maximum Gasteiger partial charge on any atom is 0.0544 e. The molecule has 2 nitrogen and oxygen atoms in total. The molecule has 0 aliphatic carbocycles. The second-order valence-corrected chi connectivity index (χ2v) is 3.68. The van der Waals surface area contributed by atoms with Gasteiger partial charge in [-0.15, -0.1) is 0 Å². The van der Waals surface area contributed by atoms with Gasteiger partial charge in [-0.05, 0) is 23.6 Å². The quantitative estimate of drug-likeness (QED) is 0.462. The number of nitrogens with zero attached hydrogens (tertiary/aromatic N) is 1. The highest BCUT2D eigenvalue weighted by atomic mass is 15.1. The molecule has 0 heterocycles. The monoisotopic (exact) mass is 210 g/mol. The highest BCUT2D eigenvalue weighted by molar-refractivity contribution is 5.90. The van der Waals surface area contributed by atoms with Crippen LogP contribution in [-0.2, 0) is 0 Å². The van der Waals surface area contributed by atoms with Crippen LogP contribution in [0.3, 0.4) is 0 Å². The lowest BCUT2D eigenvalue weighted by Gasteiger charge is -2.08. The van der Waals surface area contributed by atoms with Crippen molar-refractivity contribution in [1.82, 2.24) is 0 Å². The number of nitrogens with two attached hydrogens (primary N) is 1. The van der Waals surface area contributed by atoms with Gasteiger partial charge in [0.05, 0.1) is 6.21 Å². The number of rotatable bonds is 2. The first-order chi connectivity index (χ1) is 7.83. The van der Waals surface area contributed by atoms with Gasteiger partial charge in [0, 0.05) is 5.56 Å². The third kappa shape index (κ3) is 1.96. The summed E-state index contributed by atoms with van der Waals surface area (Å²) >= 11 is 0. The zero-order valence-electron chi connectivity index (χ0n) is 9.22. The van der Waals surface area contributed by atoms with Crippen molar-refractivity contribution in [1.29, 1.82) is 0 Å². The van der Waals surface area contributed by atoms with Crippen LogP contribution in [0.5, 0.6) is 0 Å². The molecule has 0 aliphatic heterocycles. The number of hydrogen-bond donors (Lipinski definition) is 1. The van der Waals surface area contributed by atoms with E-state index in [0.29, 0.717) is 0 Å². The van der Waals surface area contributed by atoms with Crippen LogP contribution >= 0.6 is 0 Å². The standard InChI is InChI=1S/C14H14N2/c1-11-6-2-4-8-13(11)14-9-5-3-7-12(14)10-16-15/h2-10H,15H2,1H3. The Morgan fingerprint density at radius 1 is 0.938 bits per heavy atom. The number of hydrogen-bond acceptors (Lipinski definition) is 2. The Morgan fingerprint density at radius 3 is 2.25 bits per heavy atom. The molecule has 2 aromatic carbocycles. The van der Waals surface area contributed by atoms with E-state index in [4.69, 9.17) is 5.84 Å². The molecule has 2 N–H and O–H groups in total. The summed E-state index contributed by atoms with van der Waals surface area (Å²) in [4.78, 5) is 0. The summed E-state index contributed by atoms with van der Waals surface area (Å²) in [6, 6.07) is 16.4. The van der Waals surface area contributed by atoms with E-state index in [1.807, 2.05) is 30.3 Å². The first-order valence-electron chi connectivity index (χ1n) is 5.21. The number of aryl methyl sites for hydroxylation is 1. The summed E-state index contributed by atoms with van der Waals surface area (Å²) in [5.74, 6) is 5.22. The summed E-state index contributed by atoms with van der Waals surface area (Å²) in [6.45, 7) is 2.10. The number of hydrazone groups is 1. The molecule has 0 unspecified atom stereocenters. The Kier molecular flexibility index (Phi) is 3.01. The van der Waals surface area contributed by atoms with Gasteiger partial charge in [-0.3, -0.25) is 0 Å². The average Bonchev–Trinajstić information content (AvgIpc) is 2.31. The molecule has 0 bridgehead atoms. The fraction of sp³-hybridized carbons (Fsp3) is 0.0714. The van der Waals surface area contributed by atoms with E-state index >= 15 is 0 Å². The Morgan fingerprint density at radius 2 is 1.56 bits per heavy atom. The van der Waals surface area contributed by atoms with E-state index in [0.717, 1.165) is 11.1 Å². The van der Waals surface area contributed by atoms with Gasteiger partial charge < -0.3 is 5.84 Å². The molecular weight excluding hydrogens is 196 g/mol. The van der Waals surface area contributed by atoms with Crippen LogP contribution in [0.2, 0.25) is 0 Å². The second-order valence-electron chi connectivity index (χ2n) is 3.68. The van der Waals surface area contributed by atoms with E-state index in [1.165, 1.54) is 11.1 Å². The van der Waals surface area contributed by atoms with Crippen molar-refractivity contribution in [3.05, 3.63) is 59.7 Å². The van der Waals surface area contributed by atoms with Gasteiger partial charge in [-0.25, -0.2) is 0 Å². The van der Waals surface area contributed by atoms with Crippen molar-refractivity contribution in [2.45, 2.75) is 6.92 Å². The molecule has 0 aliphatic rings. The van der Waals surface area contributed by atoms with E-state index in [-0.39, 0.29) is 0 Å². The summed E-state index contributed by atoms with van der Waals surface area (Å²) in [5.41, 5.74) is 4.67. The van der Waals surface area contributed by atoms with E-state index in [1.54, 1.807) is 6.21 Å². The van der Waals surface area contributed by atoms with E-state index in [2.05, 4.69) is 30.2 Å². The third-order valence-electron chi connectivity index (χ3n) is 2.61. The fourth-order valence-corrected chi connectivity index (χ4v) is 1.81. The van der Waals surface area contributed by atoms with Crippen LogP contribution < -0.4 is 5.84 Å². The van der Waals surface area contributed by atoms with Gasteiger partial charge in [0.2, 0.25) is 0 Å². The van der Waals surface area contributed by atoms with Crippen LogP contribution in [0.15, 0.2) is 53.6 Å². The van der Waals surface area contributed by atoms with Crippen molar-refractivity contribution in [3.8, 4) is 11.1 Å². The van der Waals surface area contributed by atoms with E-state index < -0.39 is 0 Å². The number of benzene rings is 2. The highest BCUT2D eigenvalue weighted by Gasteiger charge is 2.04. The molecular formula is C14H14N2. The summed E-state index contributed by atoms with van der Waals surface area (Å²) in [6.07, 6.45) is 1.68. The lowest BCUT2D eigenvalue weighted by atomic mass is 9.97. The van der Waals surface area contributed by atoms with Gasteiger partial charge >= 0.3 is 0 Å². The van der Waals surface area contributed by atoms with Crippen LogP contribution in [0.25, 0.3) is 11.1 Å². The lowest BCUT2D eigenvalue weighted by molar-refractivity contribution is 1.26. The minimum atomic E-state index is 1.04. The maximum absolute atomic E-state index is 5.22. The van der Waals surface area contributed by atoms with Gasteiger partial charge in [-0.2, -0.15) is 5.10 Å². The average molecular weight is 210 g/mol. The maximum atomic E-state index is 5.22. The second kappa shape index (κ2) is 4.62. The Bertz CT molecular complexity index is 516. The Hall–Kier alpha value is -2.09. The van der Waals surface area contributed by atoms with Gasteiger partial charge in [0.15, 0.2) is 0 Å². The zero-order chi connectivity index (χ0) is 11.4. The molecule has 0 saturated carbocycles. The molecule has 2 rings (SSSR count). The Balaban J connectivity index is 2.60. The van der Waals surface area contributed by atoms with Crippen molar-refractivity contribution in [2.24, 2.45) is 10.9 Å². The molecule has 2 aromatic rings. The molecule has 0 radical (unpaired) electrons. The zero-order valence-corrected chi connectivity index (χ0v) is 9.22. The third-order valence-corrected chi connectivity index (χ3v) is 2.61. The molecule has 0 atom stereocenters. The predicted molar refractivity (Wildman–Crippen MR) is 68.4 cm³/mol. The van der Waals surface area contributed by atoms with Crippen LogP contribution in [0, 0.1) is 6.92 Å². The molecule has 0 amide bonds. The smallest absolute Gasteiger partial charge is 0.0544 e. The predicted octanol–water partition coefficient (Wildman–Crippen LogP) is 2.95. The van der Waals surface area contributed by atoms with E-state index in [9.17, 15) is 0 Å². The normalized spacial score (nSPS) is 10.8. The van der Waals surface area contributed by atoms with Gasteiger partial charge in [0.1, 0.15) is 0 Å². The molecule has 0 aromatic heterocycles. The lowest BCUT2D eigenvalue weighted by Crippen LogP contribution is -1.92. The van der Waals surface area contributed by atoms with Crippen molar-refractivity contribution >= 4 is 6.21 Å². The fourth-order valence-electron chi connectivity index (χ4n) is 1.81. The van der Waals surface area contributed by atoms with Crippen molar-refractivity contribution in [3.63, 3.8) is 0 Å². The van der Waals surface area contributed by atoms with Crippen molar-refractivity contribution < 1.29 is 0 Å². The minimum absolute atomic E-state index is 1.04. The first-order valence-corrected chi connectivity index (χ1v) is 5.21. The summed E-state index contributed by atoms with van der Waals surface area (Å²) < 4.78 is 0. The molecule has 0 fully saturated rings. The topological polar surface area (TPSA) is 38.4 Å². The Labute approximate surface area is 95.4 Å². The first kappa shape index (κ1) is 10.4. The highest BCUT2D eigenvalue weighted by Crippen LogP contribution is 2.25. The van der Waals surface area contributed by atoms with Crippen LogP contribution in [0.4, 0.5) is 0 Å². The van der Waals surface area contributed by atoms with Crippen LogP contribution in [0.1, 0.15) is 11.1 Å². The summed E-state index contributed by atoms with van der Waals surface area (Å²) in [5, 5.41) is 3.60. The summed E-state index contributed by atoms with van der Waals surface area (Å²) in [7, 11) is 0. The van der Waals surface area contributed by atoms with Crippen molar-refractivity contribution in [2.75, 3.05) is 0 Å². The largest absolute Gasteiger partial charge is 0.323 e.